The van der Waals surface area contributed by atoms with E-state index in [4.69, 9.17) is 9.47 Å². The van der Waals surface area contributed by atoms with Crippen molar-refractivity contribution in [3.63, 3.8) is 0 Å². The van der Waals surface area contributed by atoms with E-state index in [9.17, 15) is 14.4 Å². The van der Waals surface area contributed by atoms with Crippen LogP contribution < -0.4 is 5.56 Å². The summed E-state index contributed by atoms with van der Waals surface area (Å²) in [4.78, 5) is 45.3. The largest absolute Gasteiger partial charge is 0.462 e. The van der Waals surface area contributed by atoms with Crippen LogP contribution in [0.3, 0.4) is 0 Å². The van der Waals surface area contributed by atoms with Crippen molar-refractivity contribution in [1.29, 1.82) is 0 Å². The zero-order chi connectivity index (χ0) is 29.6. The molecule has 0 spiro atoms. The average Bonchev–Trinajstić information content (AvgIpc) is 2.97. The number of rotatable bonds is 18. The molecule has 3 aromatic rings. The van der Waals surface area contributed by atoms with E-state index in [0.29, 0.717) is 40.3 Å². The Morgan fingerprint density at radius 3 is 1.63 bits per heavy atom. The number of aromatic amines is 1. The lowest BCUT2D eigenvalue weighted by Crippen LogP contribution is -2.26. The summed E-state index contributed by atoms with van der Waals surface area (Å²) in [5.74, 6) is -0.942. The summed E-state index contributed by atoms with van der Waals surface area (Å²) in [7, 11) is 0. The number of nitrogens with zero attached hydrogens (tertiary/aromatic N) is 2. The molecule has 0 saturated carbocycles. The maximum atomic E-state index is 12.9. The van der Waals surface area contributed by atoms with Crippen LogP contribution in [0, 0.1) is 0 Å². The Morgan fingerprint density at radius 2 is 1.15 bits per heavy atom. The van der Waals surface area contributed by atoms with E-state index in [1.807, 2.05) is 24.3 Å². The van der Waals surface area contributed by atoms with Crippen LogP contribution in [0.5, 0.6) is 0 Å². The van der Waals surface area contributed by atoms with E-state index >= 15 is 0 Å². The first kappa shape index (κ1) is 31.3. The van der Waals surface area contributed by atoms with Gasteiger partial charge in [0.15, 0.2) is 0 Å². The quantitative estimate of drug-likeness (QED) is 0.100. The molecule has 3 rings (SSSR count). The number of pyridine rings is 1. The first-order chi connectivity index (χ1) is 19.9. The molecule has 2 aromatic carbocycles. The number of hydrogen-bond donors (Lipinski definition) is 1. The predicted octanol–water partition coefficient (Wildman–Crippen LogP) is 5.12. The zero-order valence-electron chi connectivity index (χ0n) is 23.6. The number of fused-ring (bicyclic) bond motifs is 3. The molecular formula is C33H39N3O5. The van der Waals surface area contributed by atoms with Crippen molar-refractivity contribution < 1.29 is 19.1 Å². The maximum absolute atomic E-state index is 12.9. The molecule has 0 aliphatic rings. The van der Waals surface area contributed by atoms with Crippen LogP contribution in [-0.4, -0.2) is 79.2 Å². The molecule has 1 aromatic heterocycles. The second-order valence-electron chi connectivity index (χ2n) is 9.63. The molecule has 0 aliphatic carbocycles. The van der Waals surface area contributed by atoms with Gasteiger partial charge >= 0.3 is 11.9 Å². The normalized spacial score (nSPS) is 11.1. The lowest BCUT2D eigenvalue weighted by atomic mass is 10.0. The smallest absolute Gasteiger partial charge is 0.338 e. The molecule has 8 nitrogen and oxygen atoms in total. The Morgan fingerprint density at radius 1 is 0.683 bits per heavy atom. The van der Waals surface area contributed by atoms with Crippen molar-refractivity contribution >= 4 is 33.6 Å². The molecule has 0 saturated heterocycles. The monoisotopic (exact) mass is 557 g/mol. The van der Waals surface area contributed by atoms with Gasteiger partial charge in [-0.3, -0.25) is 14.6 Å². The molecule has 0 unspecified atom stereocenters. The fraction of sp³-hybridized carbons (Fsp3) is 0.303. The molecule has 1 N–H and O–H groups in total. The molecule has 0 bridgehead atoms. The SMILES string of the molecule is C=CCN(CC=C)CCCOC(=O)c1ccc2c(c1)[nH]c(=O)c1cc(C(=O)OCCCN(CC=C)CC=C)ccc12. The van der Waals surface area contributed by atoms with Crippen LogP contribution in [0.1, 0.15) is 33.6 Å². The Kier molecular flexibility index (Phi) is 12.3. The highest BCUT2D eigenvalue weighted by molar-refractivity contribution is 6.08. The van der Waals surface area contributed by atoms with Crippen LogP contribution in [0.4, 0.5) is 0 Å². The fourth-order valence-electron chi connectivity index (χ4n) is 4.61. The lowest BCUT2D eigenvalue weighted by molar-refractivity contribution is 0.0481. The van der Waals surface area contributed by atoms with E-state index in [0.717, 1.165) is 44.7 Å². The van der Waals surface area contributed by atoms with E-state index in [1.165, 1.54) is 0 Å². The van der Waals surface area contributed by atoms with Crippen molar-refractivity contribution in [2.75, 3.05) is 52.5 Å². The third-order valence-electron chi connectivity index (χ3n) is 6.55. The standard InChI is InChI=1S/C33H39N3O5/c1-5-15-35(16-6-2)19-9-21-40-32(38)25-11-13-27-28-14-12-26(24-30(28)34-31(37)29(27)23-25)33(39)41-22-10-20-36(17-7-3)18-8-4/h5-8,11-14,23-24H,1-4,9-10,15-22H2,(H,34,37). The third kappa shape index (κ3) is 8.86. The number of H-pyrrole nitrogens is 1. The van der Waals surface area contributed by atoms with Gasteiger partial charge in [-0.15, -0.1) is 26.3 Å². The lowest BCUT2D eigenvalue weighted by Gasteiger charge is -2.18. The number of benzene rings is 2. The van der Waals surface area contributed by atoms with E-state index < -0.39 is 11.9 Å². The Hall–Kier alpha value is -4.27. The maximum Gasteiger partial charge on any atom is 0.338 e. The van der Waals surface area contributed by atoms with Crippen molar-refractivity contribution in [2.45, 2.75) is 12.8 Å². The van der Waals surface area contributed by atoms with Crippen LogP contribution in [0.2, 0.25) is 0 Å². The number of carbonyl (C=O) groups excluding carboxylic acids is 2. The highest BCUT2D eigenvalue weighted by atomic mass is 16.5. The molecule has 0 atom stereocenters. The Balaban J connectivity index is 1.65. The second-order valence-corrected chi connectivity index (χ2v) is 9.63. The topological polar surface area (TPSA) is 91.9 Å². The number of nitrogens with one attached hydrogen (secondary N) is 1. The van der Waals surface area contributed by atoms with Crippen LogP contribution in [0.15, 0.2) is 91.8 Å². The van der Waals surface area contributed by atoms with Crippen molar-refractivity contribution in [3.05, 3.63) is 108 Å². The van der Waals surface area contributed by atoms with Crippen molar-refractivity contribution in [3.8, 4) is 0 Å². The average molecular weight is 558 g/mol. The van der Waals surface area contributed by atoms with Gasteiger partial charge in [0.2, 0.25) is 0 Å². The molecule has 0 aliphatic heterocycles. The summed E-state index contributed by atoms with van der Waals surface area (Å²) < 4.78 is 10.9. The number of esters is 2. The summed E-state index contributed by atoms with van der Waals surface area (Å²) in [6, 6.07) is 9.99. The first-order valence-corrected chi connectivity index (χ1v) is 13.7. The molecule has 0 radical (unpaired) electrons. The second kappa shape index (κ2) is 16.1. The van der Waals surface area contributed by atoms with Crippen LogP contribution in [0.25, 0.3) is 21.7 Å². The predicted molar refractivity (Wildman–Crippen MR) is 166 cm³/mol. The van der Waals surface area contributed by atoms with Gasteiger partial charge < -0.3 is 14.5 Å². The van der Waals surface area contributed by atoms with Gasteiger partial charge in [-0.1, -0.05) is 36.4 Å². The summed E-state index contributed by atoms with van der Waals surface area (Å²) in [6.45, 7) is 20.0. The summed E-state index contributed by atoms with van der Waals surface area (Å²) in [5.41, 5.74) is 0.804. The van der Waals surface area contributed by atoms with Gasteiger partial charge in [0.25, 0.3) is 5.56 Å². The van der Waals surface area contributed by atoms with Crippen LogP contribution in [-0.2, 0) is 9.47 Å². The van der Waals surface area contributed by atoms with Gasteiger partial charge in [0.1, 0.15) is 0 Å². The van der Waals surface area contributed by atoms with Gasteiger partial charge in [-0.25, -0.2) is 9.59 Å². The third-order valence-corrected chi connectivity index (χ3v) is 6.55. The van der Waals surface area contributed by atoms with Crippen LogP contribution >= 0.6 is 0 Å². The minimum Gasteiger partial charge on any atom is -0.462 e. The van der Waals surface area contributed by atoms with Crippen molar-refractivity contribution in [2.24, 2.45) is 0 Å². The Bertz CT molecular complexity index is 1440. The Labute approximate surface area is 241 Å². The van der Waals surface area contributed by atoms with Gasteiger partial charge in [0.05, 0.1) is 24.3 Å². The molecule has 41 heavy (non-hydrogen) atoms. The van der Waals surface area contributed by atoms with E-state index in [-0.39, 0.29) is 18.8 Å². The summed E-state index contributed by atoms with van der Waals surface area (Å²) in [6.07, 6.45) is 8.65. The van der Waals surface area contributed by atoms with E-state index in [1.54, 1.807) is 36.4 Å². The molecule has 216 valence electrons. The van der Waals surface area contributed by atoms with Gasteiger partial charge in [-0.2, -0.15) is 0 Å². The zero-order valence-corrected chi connectivity index (χ0v) is 23.6. The fourth-order valence-corrected chi connectivity index (χ4v) is 4.61. The summed E-state index contributed by atoms with van der Waals surface area (Å²) >= 11 is 0. The number of aromatic nitrogens is 1. The molecule has 0 amide bonds. The molecule has 8 heteroatoms. The summed E-state index contributed by atoms with van der Waals surface area (Å²) in [5, 5.41) is 1.80. The van der Waals surface area contributed by atoms with Crippen molar-refractivity contribution in [1.82, 2.24) is 14.8 Å². The molecule has 1 heterocycles. The number of carbonyl (C=O) groups is 2. The van der Waals surface area contributed by atoms with E-state index in [2.05, 4.69) is 41.1 Å². The highest BCUT2D eigenvalue weighted by Gasteiger charge is 2.14. The molecular weight excluding hydrogens is 518 g/mol. The first-order valence-electron chi connectivity index (χ1n) is 13.7. The number of ether oxygens (including phenoxy) is 2. The minimum atomic E-state index is -0.486. The van der Waals surface area contributed by atoms with Gasteiger partial charge in [-0.05, 0) is 42.5 Å². The number of hydrogen-bond acceptors (Lipinski definition) is 7. The molecule has 0 fully saturated rings. The van der Waals surface area contributed by atoms with Gasteiger partial charge in [0, 0.05) is 55.6 Å². The highest BCUT2D eigenvalue weighted by Crippen LogP contribution is 2.24. The minimum absolute atomic E-state index is 0.260.